The van der Waals surface area contributed by atoms with E-state index in [-0.39, 0.29) is 29.9 Å². The van der Waals surface area contributed by atoms with Gasteiger partial charge in [-0.1, -0.05) is 38.1 Å². The summed E-state index contributed by atoms with van der Waals surface area (Å²) in [5.74, 6) is -0.478. The average molecular weight is 418 g/mol. The first kappa shape index (κ1) is 20.3. The molecular weight excluding hydrogens is 396 g/mol. The van der Waals surface area contributed by atoms with Gasteiger partial charge in [0.2, 0.25) is 17.4 Å². The number of aromatic nitrogens is 2. The van der Waals surface area contributed by atoms with Crippen molar-refractivity contribution in [2.75, 3.05) is 5.32 Å². The normalized spacial score (nSPS) is 11.2. The van der Waals surface area contributed by atoms with Gasteiger partial charge in [0.25, 0.3) is 5.56 Å². The van der Waals surface area contributed by atoms with Crippen LogP contribution in [0.25, 0.3) is 22.1 Å². The lowest BCUT2D eigenvalue weighted by Crippen LogP contribution is -2.32. The van der Waals surface area contributed by atoms with Gasteiger partial charge in [-0.3, -0.25) is 19.0 Å². The Balaban J connectivity index is 1.40. The molecule has 0 aliphatic carbocycles. The van der Waals surface area contributed by atoms with Crippen LogP contribution in [0.2, 0.25) is 0 Å². The minimum Gasteiger partial charge on any atom is -0.448 e. The lowest BCUT2D eigenvalue weighted by molar-refractivity contribution is -0.122. The van der Waals surface area contributed by atoms with E-state index in [4.69, 9.17) is 4.42 Å². The molecule has 0 atom stereocenters. The van der Waals surface area contributed by atoms with Crippen LogP contribution in [0.1, 0.15) is 19.4 Å². The Morgan fingerprint density at radius 1 is 1.10 bits per heavy atom. The highest BCUT2D eigenvalue weighted by molar-refractivity contribution is 6.01. The molecule has 0 radical (unpaired) electrons. The van der Waals surface area contributed by atoms with E-state index in [0.717, 1.165) is 10.9 Å². The molecule has 2 N–H and O–H groups in total. The first-order valence-corrected chi connectivity index (χ1v) is 9.95. The van der Waals surface area contributed by atoms with Crippen LogP contribution in [0.3, 0.4) is 0 Å². The number of nitrogens with zero attached hydrogens (tertiary/aromatic N) is 2. The van der Waals surface area contributed by atoms with Crippen LogP contribution in [0.5, 0.6) is 0 Å². The second-order valence-electron chi connectivity index (χ2n) is 7.57. The van der Waals surface area contributed by atoms with E-state index in [1.807, 2.05) is 44.2 Å². The number of nitrogens with one attached hydrogen (secondary N) is 2. The summed E-state index contributed by atoms with van der Waals surface area (Å²) in [6, 6.07) is 14.5. The number of hydrogen-bond acceptors (Lipinski definition) is 5. The third-order valence-electron chi connectivity index (χ3n) is 4.90. The molecule has 0 aliphatic heterocycles. The Morgan fingerprint density at radius 3 is 2.58 bits per heavy atom. The fourth-order valence-corrected chi connectivity index (χ4v) is 3.13. The number of carbonyl (C=O) groups excluding carboxylic acids is 2. The van der Waals surface area contributed by atoms with E-state index < -0.39 is 5.56 Å². The zero-order valence-corrected chi connectivity index (χ0v) is 17.2. The highest BCUT2D eigenvalue weighted by Crippen LogP contribution is 2.24. The average Bonchev–Trinajstić information content (AvgIpc) is 3.15. The van der Waals surface area contributed by atoms with Crippen LogP contribution in [-0.4, -0.2) is 21.4 Å². The second kappa shape index (κ2) is 8.43. The molecule has 2 aromatic carbocycles. The Hall–Kier alpha value is -3.94. The number of fused-ring (bicyclic) bond motifs is 3. The molecule has 2 aromatic heterocycles. The van der Waals surface area contributed by atoms with Crippen molar-refractivity contribution in [3.8, 4) is 0 Å². The SMILES string of the molecule is CC(C)C(=O)Nc1ccc(CNC(=O)Cn2cnc3c(oc4ccccc43)c2=O)cc1. The van der Waals surface area contributed by atoms with Crippen LogP contribution in [0.15, 0.2) is 64.1 Å². The summed E-state index contributed by atoms with van der Waals surface area (Å²) >= 11 is 0. The van der Waals surface area contributed by atoms with Gasteiger partial charge in [-0.25, -0.2) is 4.98 Å². The van der Waals surface area contributed by atoms with Gasteiger partial charge in [0.05, 0.1) is 6.33 Å². The topological polar surface area (TPSA) is 106 Å². The number of para-hydroxylation sites is 1. The maximum atomic E-state index is 12.7. The van der Waals surface area contributed by atoms with E-state index in [2.05, 4.69) is 15.6 Å². The van der Waals surface area contributed by atoms with Crippen LogP contribution in [-0.2, 0) is 22.7 Å². The van der Waals surface area contributed by atoms with Gasteiger partial charge in [0.1, 0.15) is 17.6 Å². The molecule has 0 aliphatic rings. The van der Waals surface area contributed by atoms with Crippen LogP contribution in [0, 0.1) is 5.92 Å². The van der Waals surface area contributed by atoms with Crippen molar-refractivity contribution in [2.45, 2.75) is 26.9 Å². The van der Waals surface area contributed by atoms with Crippen molar-refractivity contribution in [1.29, 1.82) is 0 Å². The van der Waals surface area contributed by atoms with Gasteiger partial charge in [-0.15, -0.1) is 0 Å². The maximum Gasteiger partial charge on any atom is 0.297 e. The first-order valence-electron chi connectivity index (χ1n) is 9.95. The molecule has 0 fully saturated rings. The lowest BCUT2D eigenvalue weighted by atomic mass is 10.1. The van der Waals surface area contributed by atoms with Gasteiger partial charge in [-0.2, -0.15) is 0 Å². The lowest BCUT2D eigenvalue weighted by Gasteiger charge is -2.09. The van der Waals surface area contributed by atoms with Crippen LogP contribution < -0.4 is 16.2 Å². The number of anilines is 1. The van der Waals surface area contributed by atoms with Gasteiger partial charge >= 0.3 is 0 Å². The minimum atomic E-state index is -0.401. The summed E-state index contributed by atoms with van der Waals surface area (Å²) in [6.45, 7) is 3.78. The Morgan fingerprint density at radius 2 is 1.84 bits per heavy atom. The number of furan rings is 1. The van der Waals surface area contributed by atoms with E-state index in [1.165, 1.54) is 10.9 Å². The fourth-order valence-electron chi connectivity index (χ4n) is 3.13. The molecule has 0 unspecified atom stereocenters. The van der Waals surface area contributed by atoms with E-state index in [0.29, 0.717) is 23.3 Å². The van der Waals surface area contributed by atoms with Crippen molar-refractivity contribution in [3.63, 3.8) is 0 Å². The van der Waals surface area contributed by atoms with E-state index >= 15 is 0 Å². The van der Waals surface area contributed by atoms with Gasteiger partial charge < -0.3 is 15.1 Å². The zero-order chi connectivity index (χ0) is 22.0. The summed E-state index contributed by atoms with van der Waals surface area (Å²) < 4.78 is 6.86. The second-order valence-corrected chi connectivity index (χ2v) is 7.57. The summed E-state index contributed by atoms with van der Waals surface area (Å²) in [6.07, 6.45) is 1.36. The summed E-state index contributed by atoms with van der Waals surface area (Å²) in [7, 11) is 0. The molecule has 2 heterocycles. The van der Waals surface area contributed by atoms with Crippen LogP contribution >= 0.6 is 0 Å². The number of benzene rings is 2. The Bertz CT molecular complexity index is 1320. The highest BCUT2D eigenvalue weighted by atomic mass is 16.3. The Kier molecular flexibility index (Phi) is 5.53. The predicted octanol–water partition coefficient (Wildman–Crippen LogP) is 3.05. The standard InChI is InChI=1S/C23H22N4O4/c1-14(2)22(29)26-16-9-7-15(8-10-16)11-24-19(28)12-27-13-25-20-17-5-3-4-6-18(17)31-21(20)23(27)30/h3-10,13-14H,11-12H2,1-2H3,(H,24,28)(H,26,29). The molecule has 8 nitrogen and oxygen atoms in total. The number of amides is 2. The van der Waals surface area contributed by atoms with Crippen molar-refractivity contribution >= 4 is 39.6 Å². The smallest absolute Gasteiger partial charge is 0.297 e. The Labute approximate surface area is 177 Å². The molecule has 0 saturated carbocycles. The summed E-state index contributed by atoms with van der Waals surface area (Å²) in [4.78, 5) is 41.1. The van der Waals surface area contributed by atoms with Gasteiger partial charge in [0, 0.05) is 23.5 Å². The molecule has 158 valence electrons. The molecular formula is C23H22N4O4. The molecule has 0 spiro atoms. The summed E-state index contributed by atoms with van der Waals surface area (Å²) in [5.41, 5.74) is 2.37. The van der Waals surface area contributed by atoms with E-state index in [9.17, 15) is 14.4 Å². The van der Waals surface area contributed by atoms with Gasteiger partial charge in [-0.05, 0) is 29.8 Å². The number of hydrogen-bond donors (Lipinski definition) is 2. The van der Waals surface area contributed by atoms with Crippen molar-refractivity contribution < 1.29 is 14.0 Å². The molecule has 31 heavy (non-hydrogen) atoms. The third-order valence-corrected chi connectivity index (χ3v) is 4.90. The molecule has 2 amide bonds. The third kappa shape index (κ3) is 4.32. The molecule has 8 heteroatoms. The molecule has 0 saturated heterocycles. The molecule has 4 rings (SSSR count). The van der Waals surface area contributed by atoms with Crippen molar-refractivity contribution in [2.24, 2.45) is 5.92 Å². The zero-order valence-electron chi connectivity index (χ0n) is 17.2. The van der Waals surface area contributed by atoms with E-state index in [1.54, 1.807) is 18.2 Å². The number of rotatable bonds is 6. The minimum absolute atomic E-state index is 0.0541. The quantitative estimate of drug-likeness (QED) is 0.501. The van der Waals surface area contributed by atoms with Gasteiger partial charge in [0.15, 0.2) is 0 Å². The van der Waals surface area contributed by atoms with Crippen molar-refractivity contribution in [1.82, 2.24) is 14.9 Å². The maximum absolute atomic E-state index is 12.7. The largest absolute Gasteiger partial charge is 0.448 e. The first-order chi connectivity index (χ1) is 14.9. The van der Waals surface area contributed by atoms with Crippen molar-refractivity contribution in [3.05, 3.63) is 70.8 Å². The molecule has 4 aromatic rings. The molecule has 0 bridgehead atoms. The fraction of sp³-hybridized carbons (Fsp3) is 0.217. The highest BCUT2D eigenvalue weighted by Gasteiger charge is 2.14. The number of carbonyl (C=O) groups is 2. The van der Waals surface area contributed by atoms with Crippen LogP contribution in [0.4, 0.5) is 5.69 Å². The predicted molar refractivity (Wildman–Crippen MR) is 118 cm³/mol. The monoisotopic (exact) mass is 418 g/mol. The summed E-state index contributed by atoms with van der Waals surface area (Å²) in [5, 5.41) is 6.36.